The summed E-state index contributed by atoms with van der Waals surface area (Å²) in [7, 11) is -1.34. The van der Waals surface area contributed by atoms with E-state index in [9.17, 15) is 22.8 Å². The van der Waals surface area contributed by atoms with Crippen molar-refractivity contribution >= 4 is 20.0 Å². The highest BCUT2D eigenvalue weighted by Crippen LogP contribution is 2.13. The van der Waals surface area contributed by atoms with Crippen molar-refractivity contribution in [3.63, 3.8) is 0 Å². The molecule has 0 aromatic rings. The standard InChI is InChI=1S/C9H16F3NO3Si/c1-17(2,3)5-4-16-7(14)6-13-8(15)9(10,11)12/h4-6H2,1-3H3,(H,13,15). The molecule has 0 atom stereocenters. The van der Waals surface area contributed by atoms with Crippen LogP contribution >= 0.6 is 0 Å². The zero-order valence-corrected chi connectivity index (χ0v) is 11.0. The molecule has 17 heavy (non-hydrogen) atoms. The van der Waals surface area contributed by atoms with Gasteiger partial charge in [0.2, 0.25) is 0 Å². The molecular formula is C9H16F3NO3Si. The zero-order chi connectivity index (χ0) is 13.7. The summed E-state index contributed by atoms with van der Waals surface area (Å²) in [4.78, 5) is 21.3. The lowest BCUT2D eigenvalue weighted by atomic mass is 10.5. The van der Waals surface area contributed by atoms with Gasteiger partial charge in [0.15, 0.2) is 0 Å². The molecule has 0 saturated heterocycles. The largest absolute Gasteiger partial charge is 0.471 e. The van der Waals surface area contributed by atoms with Crippen LogP contribution in [-0.2, 0) is 14.3 Å². The van der Waals surface area contributed by atoms with E-state index in [1.165, 1.54) is 5.32 Å². The highest BCUT2D eigenvalue weighted by Gasteiger charge is 2.38. The predicted molar refractivity (Wildman–Crippen MR) is 58.2 cm³/mol. The number of nitrogens with one attached hydrogen (secondary N) is 1. The van der Waals surface area contributed by atoms with Gasteiger partial charge in [-0.2, -0.15) is 13.2 Å². The van der Waals surface area contributed by atoms with E-state index in [0.29, 0.717) is 0 Å². The van der Waals surface area contributed by atoms with Crippen molar-refractivity contribution in [2.75, 3.05) is 13.2 Å². The van der Waals surface area contributed by atoms with Crippen LogP contribution in [-0.4, -0.2) is 39.3 Å². The normalized spacial score (nSPS) is 12.1. The molecule has 0 fully saturated rings. The van der Waals surface area contributed by atoms with Crippen molar-refractivity contribution in [1.29, 1.82) is 0 Å². The number of carbonyl (C=O) groups excluding carboxylic acids is 2. The van der Waals surface area contributed by atoms with E-state index in [1.54, 1.807) is 0 Å². The lowest BCUT2D eigenvalue weighted by Crippen LogP contribution is -2.40. The summed E-state index contributed by atoms with van der Waals surface area (Å²) < 4.78 is 39.9. The lowest BCUT2D eigenvalue weighted by molar-refractivity contribution is -0.174. The maximum atomic E-state index is 11.7. The number of amides is 1. The third kappa shape index (κ3) is 8.72. The van der Waals surface area contributed by atoms with Gasteiger partial charge in [-0.05, 0) is 6.04 Å². The monoisotopic (exact) mass is 271 g/mol. The van der Waals surface area contributed by atoms with E-state index in [0.717, 1.165) is 6.04 Å². The van der Waals surface area contributed by atoms with Gasteiger partial charge in [-0.15, -0.1) is 0 Å². The van der Waals surface area contributed by atoms with Crippen molar-refractivity contribution in [1.82, 2.24) is 5.32 Å². The van der Waals surface area contributed by atoms with E-state index < -0.39 is 32.7 Å². The van der Waals surface area contributed by atoms with Gasteiger partial charge in [0.25, 0.3) is 0 Å². The van der Waals surface area contributed by atoms with Crippen LogP contribution in [0.2, 0.25) is 25.7 Å². The summed E-state index contributed by atoms with van der Waals surface area (Å²) in [5.74, 6) is -3.00. The minimum Gasteiger partial charge on any atom is -0.465 e. The van der Waals surface area contributed by atoms with Crippen molar-refractivity contribution in [3.8, 4) is 0 Å². The van der Waals surface area contributed by atoms with Gasteiger partial charge in [0, 0.05) is 8.07 Å². The molecule has 0 heterocycles. The smallest absolute Gasteiger partial charge is 0.465 e. The second-order valence-corrected chi connectivity index (χ2v) is 10.3. The van der Waals surface area contributed by atoms with Crippen LogP contribution in [0.5, 0.6) is 0 Å². The number of rotatable bonds is 5. The minimum atomic E-state index is -4.97. The van der Waals surface area contributed by atoms with Crippen LogP contribution in [0.1, 0.15) is 0 Å². The molecule has 0 spiro atoms. The fraction of sp³-hybridized carbons (Fsp3) is 0.778. The molecule has 0 aromatic carbocycles. The molecule has 8 heteroatoms. The molecule has 4 nitrogen and oxygen atoms in total. The number of alkyl halides is 3. The third-order valence-corrected chi connectivity index (χ3v) is 3.47. The summed E-state index contributed by atoms with van der Waals surface area (Å²) in [6.07, 6.45) is -4.97. The SMILES string of the molecule is C[Si](C)(C)CCOC(=O)CNC(=O)C(F)(F)F. The van der Waals surface area contributed by atoms with Gasteiger partial charge >= 0.3 is 18.1 Å². The van der Waals surface area contributed by atoms with Crippen LogP contribution in [0, 0.1) is 0 Å². The van der Waals surface area contributed by atoms with Gasteiger partial charge < -0.3 is 10.1 Å². The summed E-state index contributed by atoms with van der Waals surface area (Å²) in [6, 6.07) is 0.728. The molecule has 0 saturated carbocycles. The van der Waals surface area contributed by atoms with Crippen molar-refractivity contribution in [3.05, 3.63) is 0 Å². The molecule has 0 bridgehead atoms. The van der Waals surface area contributed by atoms with Gasteiger partial charge in [-0.1, -0.05) is 19.6 Å². The maximum absolute atomic E-state index is 11.7. The topological polar surface area (TPSA) is 55.4 Å². The lowest BCUT2D eigenvalue weighted by Gasteiger charge is -2.15. The molecule has 0 unspecified atom stereocenters. The summed E-state index contributed by atoms with van der Waals surface area (Å²) in [5.41, 5.74) is 0. The van der Waals surface area contributed by atoms with Crippen LogP contribution in [0.4, 0.5) is 13.2 Å². The van der Waals surface area contributed by atoms with E-state index in [2.05, 4.69) is 19.6 Å². The number of hydrogen-bond donors (Lipinski definition) is 1. The fourth-order valence-electron chi connectivity index (χ4n) is 0.775. The Labute approximate surface area is 98.5 Å². The Kier molecular flexibility index (Phi) is 5.66. The zero-order valence-electron chi connectivity index (χ0n) is 9.98. The van der Waals surface area contributed by atoms with Gasteiger partial charge in [-0.3, -0.25) is 9.59 Å². The number of esters is 1. The molecule has 0 aliphatic carbocycles. The molecule has 0 aromatic heterocycles. The first-order valence-electron chi connectivity index (χ1n) is 5.03. The highest BCUT2D eigenvalue weighted by atomic mass is 28.3. The maximum Gasteiger partial charge on any atom is 0.471 e. The second kappa shape index (κ2) is 6.04. The van der Waals surface area contributed by atoms with E-state index in [-0.39, 0.29) is 6.61 Å². The molecule has 0 rings (SSSR count). The van der Waals surface area contributed by atoms with E-state index in [4.69, 9.17) is 4.74 Å². The highest BCUT2D eigenvalue weighted by molar-refractivity contribution is 6.76. The third-order valence-electron chi connectivity index (χ3n) is 1.77. The summed E-state index contributed by atoms with van der Waals surface area (Å²) in [6.45, 7) is 5.64. The Balaban J connectivity index is 3.79. The first kappa shape index (κ1) is 15.9. The fourth-order valence-corrected chi connectivity index (χ4v) is 1.49. The van der Waals surface area contributed by atoms with Gasteiger partial charge in [-0.25, -0.2) is 0 Å². The average molecular weight is 271 g/mol. The molecule has 100 valence electrons. The predicted octanol–water partition coefficient (Wildman–Crippen LogP) is 1.55. The number of hydrogen-bond acceptors (Lipinski definition) is 3. The molecule has 0 aliphatic heterocycles. The first-order chi connectivity index (χ1) is 7.52. The number of halogens is 3. The van der Waals surface area contributed by atoms with Crippen LogP contribution < -0.4 is 5.32 Å². The van der Waals surface area contributed by atoms with Gasteiger partial charge in [0.05, 0.1) is 6.61 Å². The van der Waals surface area contributed by atoms with E-state index in [1.807, 2.05) is 0 Å². The first-order valence-corrected chi connectivity index (χ1v) is 8.74. The Hall–Kier alpha value is -1.05. The number of ether oxygens (including phenoxy) is 1. The van der Waals surface area contributed by atoms with E-state index >= 15 is 0 Å². The molecule has 0 aliphatic rings. The van der Waals surface area contributed by atoms with Crippen molar-refractivity contribution in [2.45, 2.75) is 31.9 Å². The molecule has 1 amide bonds. The van der Waals surface area contributed by atoms with Crippen LogP contribution in [0.15, 0.2) is 0 Å². The quantitative estimate of drug-likeness (QED) is 0.609. The second-order valence-electron chi connectivity index (χ2n) is 4.71. The Bertz CT molecular complexity index is 286. The summed E-state index contributed by atoms with van der Waals surface area (Å²) in [5, 5.41) is 1.44. The van der Waals surface area contributed by atoms with Crippen molar-refractivity contribution in [2.24, 2.45) is 0 Å². The van der Waals surface area contributed by atoms with Crippen LogP contribution in [0.3, 0.4) is 0 Å². The average Bonchev–Trinajstić information content (AvgIpc) is 2.10. The van der Waals surface area contributed by atoms with Crippen molar-refractivity contribution < 1.29 is 27.5 Å². The van der Waals surface area contributed by atoms with Gasteiger partial charge in [0.1, 0.15) is 6.54 Å². The van der Waals surface area contributed by atoms with Crippen LogP contribution in [0.25, 0.3) is 0 Å². The molecule has 1 N–H and O–H groups in total. The molecular weight excluding hydrogens is 255 g/mol. The Morgan fingerprint density at radius 2 is 1.76 bits per heavy atom. The Morgan fingerprint density at radius 1 is 1.24 bits per heavy atom. The summed E-state index contributed by atoms with van der Waals surface area (Å²) >= 11 is 0. The molecule has 0 radical (unpaired) electrons. The minimum absolute atomic E-state index is 0.177. The Morgan fingerprint density at radius 3 is 2.18 bits per heavy atom. The number of carbonyl (C=O) groups is 2.